The fourth-order valence-electron chi connectivity index (χ4n) is 2.77. The summed E-state index contributed by atoms with van der Waals surface area (Å²) < 4.78 is 0. The van der Waals surface area contributed by atoms with Gasteiger partial charge < -0.3 is 10.6 Å². The SMILES string of the molecule is O=C(Nc1cccc(C(=O)Nc2ccc3ccccc3n2)c1)c1ccncc1. The average Bonchev–Trinajstić information content (AvgIpc) is 2.74. The van der Waals surface area contributed by atoms with Crippen LogP contribution >= 0.6 is 0 Å². The Bertz CT molecular complexity index is 1160. The van der Waals surface area contributed by atoms with Gasteiger partial charge in [0.25, 0.3) is 11.8 Å². The van der Waals surface area contributed by atoms with Gasteiger partial charge in [-0.25, -0.2) is 4.98 Å². The van der Waals surface area contributed by atoms with Crippen molar-refractivity contribution < 1.29 is 9.59 Å². The summed E-state index contributed by atoms with van der Waals surface area (Å²) in [6.07, 6.45) is 3.10. The molecule has 136 valence electrons. The van der Waals surface area contributed by atoms with Crippen molar-refractivity contribution in [1.29, 1.82) is 0 Å². The largest absolute Gasteiger partial charge is 0.322 e. The third-order valence-corrected chi connectivity index (χ3v) is 4.17. The summed E-state index contributed by atoms with van der Waals surface area (Å²) in [6.45, 7) is 0. The molecule has 0 fully saturated rings. The van der Waals surface area contributed by atoms with Gasteiger partial charge in [-0.2, -0.15) is 0 Å². The lowest BCUT2D eigenvalue weighted by atomic mass is 10.1. The molecule has 0 radical (unpaired) electrons. The zero-order valence-corrected chi connectivity index (χ0v) is 14.8. The van der Waals surface area contributed by atoms with Gasteiger partial charge in [0.15, 0.2) is 0 Å². The number of rotatable bonds is 4. The Kier molecular flexibility index (Phi) is 4.76. The Morgan fingerprint density at radius 2 is 1.50 bits per heavy atom. The number of carbonyl (C=O) groups is 2. The van der Waals surface area contributed by atoms with Gasteiger partial charge in [-0.1, -0.05) is 24.3 Å². The molecular weight excluding hydrogens is 352 g/mol. The number of nitrogens with one attached hydrogen (secondary N) is 2. The third kappa shape index (κ3) is 3.86. The van der Waals surface area contributed by atoms with Gasteiger partial charge >= 0.3 is 0 Å². The third-order valence-electron chi connectivity index (χ3n) is 4.17. The van der Waals surface area contributed by atoms with E-state index in [0.29, 0.717) is 22.6 Å². The lowest BCUT2D eigenvalue weighted by Crippen LogP contribution is -2.15. The van der Waals surface area contributed by atoms with Crippen molar-refractivity contribution in [3.05, 3.63) is 96.3 Å². The van der Waals surface area contributed by atoms with E-state index in [1.807, 2.05) is 30.3 Å². The monoisotopic (exact) mass is 368 g/mol. The molecular formula is C22H16N4O2. The van der Waals surface area contributed by atoms with Gasteiger partial charge in [-0.05, 0) is 48.5 Å². The predicted octanol–water partition coefficient (Wildman–Crippen LogP) is 4.13. The number of para-hydroxylation sites is 1. The second-order valence-electron chi connectivity index (χ2n) is 6.11. The normalized spacial score (nSPS) is 10.4. The number of hydrogen-bond donors (Lipinski definition) is 2. The molecule has 0 saturated heterocycles. The maximum Gasteiger partial charge on any atom is 0.256 e. The van der Waals surface area contributed by atoms with Crippen LogP contribution in [0.3, 0.4) is 0 Å². The lowest BCUT2D eigenvalue weighted by molar-refractivity contribution is 0.101. The summed E-state index contributed by atoms with van der Waals surface area (Å²) in [5.41, 5.74) is 2.24. The first-order chi connectivity index (χ1) is 13.7. The maximum absolute atomic E-state index is 12.6. The molecule has 6 heteroatoms. The molecule has 2 amide bonds. The summed E-state index contributed by atoms with van der Waals surface area (Å²) in [4.78, 5) is 33.2. The molecule has 0 bridgehead atoms. The summed E-state index contributed by atoms with van der Waals surface area (Å²) in [7, 11) is 0. The van der Waals surface area contributed by atoms with E-state index in [-0.39, 0.29) is 11.8 Å². The quantitative estimate of drug-likeness (QED) is 0.567. The van der Waals surface area contributed by atoms with Gasteiger partial charge in [-0.3, -0.25) is 14.6 Å². The van der Waals surface area contributed by atoms with Crippen LogP contribution in [0.15, 0.2) is 85.2 Å². The van der Waals surface area contributed by atoms with Gasteiger partial charge in [-0.15, -0.1) is 0 Å². The lowest BCUT2D eigenvalue weighted by Gasteiger charge is -2.09. The molecule has 2 heterocycles. The van der Waals surface area contributed by atoms with Crippen molar-refractivity contribution in [3.63, 3.8) is 0 Å². The van der Waals surface area contributed by atoms with Gasteiger partial charge in [0.05, 0.1) is 5.52 Å². The minimum Gasteiger partial charge on any atom is -0.322 e. The Labute approximate surface area is 161 Å². The van der Waals surface area contributed by atoms with Crippen molar-refractivity contribution >= 4 is 34.2 Å². The van der Waals surface area contributed by atoms with Crippen LogP contribution in [0.4, 0.5) is 11.5 Å². The highest BCUT2D eigenvalue weighted by Gasteiger charge is 2.10. The van der Waals surface area contributed by atoms with Gasteiger partial charge in [0.1, 0.15) is 5.82 Å². The number of fused-ring (bicyclic) bond motifs is 1. The number of carbonyl (C=O) groups excluding carboxylic acids is 2. The number of aromatic nitrogens is 2. The number of anilines is 2. The smallest absolute Gasteiger partial charge is 0.256 e. The van der Waals surface area contributed by atoms with Crippen molar-refractivity contribution in [2.45, 2.75) is 0 Å². The molecule has 0 unspecified atom stereocenters. The molecule has 0 aliphatic rings. The molecule has 2 aromatic carbocycles. The van der Waals surface area contributed by atoms with Gasteiger partial charge in [0, 0.05) is 34.6 Å². The zero-order valence-electron chi connectivity index (χ0n) is 14.8. The number of amides is 2. The van der Waals surface area contributed by atoms with Crippen LogP contribution in [-0.4, -0.2) is 21.8 Å². The zero-order chi connectivity index (χ0) is 19.3. The fourth-order valence-corrected chi connectivity index (χ4v) is 2.77. The Hall–Kier alpha value is -4.06. The van der Waals surface area contributed by atoms with E-state index in [1.54, 1.807) is 54.9 Å². The van der Waals surface area contributed by atoms with E-state index in [0.717, 1.165) is 10.9 Å². The van der Waals surface area contributed by atoms with E-state index >= 15 is 0 Å². The number of nitrogens with zero attached hydrogens (tertiary/aromatic N) is 2. The summed E-state index contributed by atoms with van der Waals surface area (Å²) >= 11 is 0. The summed E-state index contributed by atoms with van der Waals surface area (Å²) in [6, 6.07) is 21.3. The summed E-state index contributed by atoms with van der Waals surface area (Å²) in [5.74, 6) is -0.103. The first-order valence-electron chi connectivity index (χ1n) is 8.68. The molecule has 0 aliphatic carbocycles. The summed E-state index contributed by atoms with van der Waals surface area (Å²) in [5, 5.41) is 6.57. The first kappa shape index (κ1) is 17.4. The molecule has 0 spiro atoms. The number of pyridine rings is 2. The predicted molar refractivity (Wildman–Crippen MR) is 108 cm³/mol. The maximum atomic E-state index is 12.6. The van der Waals surface area contributed by atoms with E-state index in [1.165, 1.54) is 0 Å². The Morgan fingerprint density at radius 3 is 2.36 bits per heavy atom. The van der Waals surface area contributed by atoms with Crippen LogP contribution < -0.4 is 10.6 Å². The molecule has 4 aromatic rings. The van der Waals surface area contributed by atoms with Crippen LogP contribution in [0.2, 0.25) is 0 Å². The van der Waals surface area contributed by atoms with E-state index < -0.39 is 0 Å². The molecule has 28 heavy (non-hydrogen) atoms. The molecule has 6 nitrogen and oxygen atoms in total. The molecule has 0 saturated carbocycles. The van der Waals surface area contributed by atoms with Crippen molar-refractivity contribution in [3.8, 4) is 0 Å². The number of hydrogen-bond acceptors (Lipinski definition) is 4. The molecule has 2 aromatic heterocycles. The standard InChI is InChI=1S/C22H16N4O2/c27-21(16-10-12-23-13-11-16)24-18-6-3-5-17(14-18)22(28)26-20-9-8-15-4-1-2-7-19(15)25-20/h1-14H,(H,24,27)(H,25,26,28). The molecule has 0 atom stereocenters. The van der Waals surface area contributed by atoms with Crippen molar-refractivity contribution in [1.82, 2.24) is 9.97 Å². The van der Waals surface area contributed by atoms with Crippen LogP contribution in [-0.2, 0) is 0 Å². The number of benzene rings is 2. The van der Waals surface area contributed by atoms with Crippen LogP contribution in [0.1, 0.15) is 20.7 Å². The molecule has 4 rings (SSSR count). The molecule has 0 aliphatic heterocycles. The molecule has 2 N–H and O–H groups in total. The Balaban J connectivity index is 1.50. The topological polar surface area (TPSA) is 84.0 Å². The van der Waals surface area contributed by atoms with Crippen molar-refractivity contribution in [2.75, 3.05) is 10.6 Å². The second-order valence-corrected chi connectivity index (χ2v) is 6.11. The average molecular weight is 368 g/mol. The van der Waals surface area contributed by atoms with Crippen LogP contribution in [0.5, 0.6) is 0 Å². The highest BCUT2D eigenvalue weighted by molar-refractivity contribution is 6.07. The minimum absolute atomic E-state index is 0.267. The van der Waals surface area contributed by atoms with Crippen molar-refractivity contribution in [2.24, 2.45) is 0 Å². The minimum atomic E-state index is -0.303. The highest BCUT2D eigenvalue weighted by atomic mass is 16.2. The first-order valence-corrected chi connectivity index (χ1v) is 8.68. The van der Waals surface area contributed by atoms with E-state index in [9.17, 15) is 9.59 Å². The highest BCUT2D eigenvalue weighted by Crippen LogP contribution is 2.17. The van der Waals surface area contributed by atoms with Gasteiger partial charge in [0.2, 0.25) is 0 Å². The Morgan fingerprint density at radius 1 is 0.714 bits per heavy atom. The second kappa shape index (κ2) is 7.67. The van der Waals surface area contributed by atoms with E-state index in [4.69, 9.17) is 0 Å². The fraction of sp³-hybridized carbons (Fsp3) is 0. The van der Waals surface area contributed by atoms with Crippen LogP contribution in [0.25, 0.3) is 10.9 Å². The van der Waals surface area contributed by atoms with E-state index in [2.05, 4.69) is 20.6 Å². The van der Waals surface area contributed by atoms with Crippen LogP contribution in [0, 0.1) is 0 Å².